The van der Waals surface area contributed by atoms with Crippen LogP contribution >= 0.6 is 0 Å². The molecule has 0 aromatic heterocycles. The minimum atomic E-state index is -0.133. The van der Waals surface area contributed by atoms with Gasteiger partial charge in [-0.2, -0.15) is 0 Å². The first-order valence-electron chi connectivity index (χ1n) is 14.8. The van der Waals surface area contributed by atoms with Gasteiger partial charge < -0.3 is 5.11 Å². The summed E-state index contributed by atoms with van der Waals surface area (Å²) in [6, 6.07) is 8.92. The van der Waals surface area contributed by atoms with E-state index in [4.69, 9.17) is 0 Å². The molecule has 2 nitrogen and oxygen atoms in total. The highest BCUT2D eigenvalue weighted by Crippen LogP contribution is 2.53. The van der Waals surface area contributed by atoms with Crippen LogP contribution < -0.4 is 0 Å². The first-order valence-corrected chi connectivity index (χ1v) is 14.8. The lowest BCUT2D eigenvalue weighted by Gasteiger charge is -2.49. The number of carbonyl (C=O) groups excluding carboxylic acids is 1. The average Bonchev–Trinajstić information content (AvgIpc) is 2.78. The van der Waals surface area contributed by atoms with E-state index < -0.39 is 0 Å². The van der Waals surface area contributed by atoms with Crippen molar-refractivity contribution in [3.8, 4) is 5.75 Å². The molecule has 0 spiro atoms. The van der Waals surface area contributed by atoms with Crippen molar-refractivity contribution < 1.29 is 9.90 Å². The number of carbonyl (C=O) groups is 1. The first kappa shape index (κ1) is 28.9. The predicted octanol–water partition coefficient (Wildman–Crippen LogP) is 9.59. The van der Waals surface area contributed by atoms with E-state index in [0.29, 0.717) is 11.7 Å². The molecule has 0 bridgehead atoms. The van der Waals surface area contributed by atoms with E-state index in [-0.39, 0.29) is 32.9 Å². The van der Waals surface area contributed by atoms with Gasteiger partial charge in [-0.1, -0.05) is 81.4 Å². The summed E-state index contributed by atoms with van der Waals surface area (Å²) in [6.07, 6.45) is 5.54. The number of ketones is 1. The minimum Gasteiger partial charge on any atom is -0.508 e. The van der Waals surface area contributed by atoms with Crippen LogP contribution in [0, 0.1) is 12.8 Å². The summed E-state index contributed by atoms with van der Waals surface area (Å²) in [7, 11) is 0. The summed E-state index contributed by atoms with van der Waals surface area (Å²) in [5, 5.41) is 11.3. The van der Waals surface area contributed by atoms with E-state index in [9.17, 15) is 9.90 Å². The number of fused-ring (bicyclic) bond motifs is 2. The molecule has 1 atom stereocenters. The largest absolute Gasteiger partial charge is 0.508 e. The zero-order valence-electron chi connectivity index (χ0n) is 26.3. The molecule has 208 valence electrons. The van der Waals surface area contributed by atoms with Gasteiger partial charge in [-0.3, -0.25) is 4.79 Å². The maximum absolute atomic E-state index is 12.3. The Hall–Kier alpha value is -2.09. The Morgan fingerprint density at radius 2 is 1.37 bits per heavy atom. The molecular formula is C36H52O2. The van der Waals surface area contributed by atoms with Crippen LogP contribution in [0.25, 0.3) is 0 Å². The van der Waals surface area contributed by atoms with Crippen LogP contribution in [-0.4, -0.2) is 10.9 Å². The van der Waals surface area contributed by atoms with Crippen LogP contribution in [0.15, 0.2) is 24.3 Å². The number of aromatic hydroxyl groups is 1. The summed E-state index contributed by atoms with van der Waals surface area (Å²) >= 11 is 0. The van der Waals surface area contributed by atoms with Gasteiger partial charge in [-0.15, -0.1) is 0 Å². The molecule has 0 saturated heterocycles. The Labute approximate surface area is 232 Å². The van der Waals surface area contributed by atoms with E-state index in [1.807, 2.05) is 0 Å². The summed E-state index contributed by atoms with van der Waals surface area (Å²) in [5.41, 5.74) is 8.64. The predicted molar refractivity (Wildman–Crippen MR) is 161 cm³/mol. The second kappa shape index (κ2) is 8.97. The molecule has 2 aliphatic carbocycles. The SMILES string of the molecule is CC(=O)c1cc2c(cc1C)C(C)(C)[C@H](CCC(C)(C)c1cc3c(cc1O)C(C)(C)CCC3(C)C)CC2(C)C. The van der Waals surface area contributed by atoms with Crippen molar-refractivity contribution in [3.63, 3.8) is 0 Å². The normalized spacial score (nSPS) is 22.9. The number of aryl methyl sites for hydroxylation is 1. The van der Waals surface area contributed by atoms with Gasteiger partial charge in [0.25, 0.3) is 0 Å². The maximum atomic E-state index is 12.3. The second-order valence-corrected chi connectivity index (χ2v) is 15.9. The lowest BCUT2D eigenvalue weighted by atomic mass is 9.55. The Kier molecular flexibility index (Phi) is 6.82. The number of hydrogen-bond donors (Lipinski definition) is 1. The molecule has 2 aromatic carbocycles. The van der Waals surface area contributed by atoms with Gasteiger partial charge in [0.1, 0.15) is 5.75 Å². The average molecular weight is 517 g/mol. The molecule has 1 N–H and O–H groups in total. The van der Waals surface area contributed by atoms with Crippen LogP contribution in [0.2, 0.25) is 0 Å². The van der Waals surface area contributed by atoms with Crippen LogP contribution in [0.5, 0.6) is 5.75 Å². The van der Waals surface area contributed by atoms with Gasteiger partial charge in [-0.05, 0) is 124 Å². The molecule has 4 rings (SSSR count). The van der Waals surface area contributed by atoms with Crippen molar-refractivity contribution in [1.29, 1.82) is 0 Å². The summed E-state index contributed by atoms with van der Waals surface area (Å²) in [6.45, 7) is 27.2. The molecule has 0 aliphatic heterocycles. The van der Waals surface area contributed by atoms with Crippen molar-refractivity contribution >= 4 is 5.78 Å². The van der Waals surface area contributed by atoms with Crippen molar-refractivity contribution in [2.24, 2.45) is 5.92 Å². The molecule has 0 unspecified atom stereocenters. The van der Waals surface area contributed by atoms with Crippen LogP contribution in [0.4, 0.5) is 0 Å². The third kappa shape index (κ3) is 4.75. The smallest absolute Gasteiger partial charge is 0.160 e. The molecule has 2 aliphatic rings. The number of hydrogen-bond acceptors (Lipinski definition) is 2. The van der Waals surface area contributed by atoms with Crippen LogP contribution in [-0.2, 0) is 27.1 Å². The second-order valence-electron chi connectivity index (χ2n) is 15.9. The van der Waals surface area contributed by atoms with Gasteiger partial charge in [0.2, 0.25) is 0 Å². The number of phenols is 1. The Balaban J connectivity index is 1.67. The number of benzene rings is 2. The quantitative estimate of drug-likeness (QED) is 0.402. The molecule has 0 fully saturated rings. The fourth-order valence-corrected chi connectivity index (χ4v) is 7.66. The third-order valence-electron chi connectivity index (χ3n) is 10.8. The fourth-order valence-electron chi connectivity index (χ4n) is 7.66. The number of rotatable bonds is 5. The van der Waals surface area contributed by atoms with E-state index in [1.165, 1.54) is 28.7 Å². The lowest BCUT2D eigenvalue weighted by molar-refractivity contribution is 0.101. The van der Waals surface area contributed by atoms with E-state index in [0.717, 1.165) is 42.4 Å². The topological polar surface area (TPSA) is 37.3 Å². The third-order valence-corrected chi connectivity index (χ3v) is 10.8. The summed E-state index contributed by atoms with van der Waals surface area (Å²) < 4.78 is 0. The summed E-state index contributed by atoms with van der Waals surface area (Å²) in [4.78, 5) is 12.3. The summed E-state index contributed by atoms with van der Waals surface area (Å²) in [5.74, 6) is 1.13. The molecule has 38 heavy (non-hydrogen) atoms. The van der Waals surface area contributed by atoms with E-state index in [2.05, 4.69) is 100 Å². The molecule has 0 radical (unpaired) electrons. The first-order chi connectivity index (χ1) is 17.2. The van der Waals surface area contributed by atoms with Crippen molar-refractivity contribution in [2.45, 2.75) is 142 Å². The Bertz CT molecular complexity index is 1270. The zero-order valence-corrected chi connectivity index (χ0v) is 26.3. The molecule has 2 aromatic rings. The molecule has 2 heteroatoms. The highest BCUT2D eigenvalue weighted by atomic mass is 16.3. The number of Topliss-reactive ketones (excluding diaryl/α,β-unsaturated/α-hetero) is 1. The van der Waals surface area contributed by atoms with Crippen LogP contribution in [0.1, 0.15) is 152 Å². The molecule has 0 saturated carbocycles. The zero-order chi connectivity index (χ0) is 28.6. The highest BCUT2D eigenvalue weighted by molar-refractivity contribution is 5.96. The Morgan fingerprint density at radius 3 is 1.92 bits per heavy atom. The van der Waals surface area contributed by atoms with E-state index >= 15 is 0 Å². The Morgan fingerprint density at radius 1 is 0.842 bits per heavy atom. The lowest BCUT2D eigenvalue weighted by Crippen LogP contribution is -2.42. The molecular weight excluding hydrogens is 464 g/mol. The highest BCUT2D eigenvalue weighted by Gasteiger charge is 2.45. The van der Waals surface area contributed by atoms with Crippen molar-refractivity contribution in [1.82, 2.24) is 0 Å². The van der Waals surface area contributed by atoms with Gasteiger partial charge >= 0.3 is 0 Å². The van der Waals surface area contributed by atoms with Crippen molar-refractivity contribution in [3.05, 3.63) is 63.2 Å². The minimum absolute atomic E-state index is 0.0150. The fraction of sp³-hybridized carbons (Fsp3) is 0.639. The van der Waals surface area contributed by atoms with Gasteiger partial charge in [0.05, 0.1) is 0 Å². The van der Waals surface area contributed by atoms with Crippen LogP contribution in [0.3, 0.4) is 0 Å². The van der Waals surface area contributed by atoms with Gasteiger partial charge in [-0.25, -0.2) is 0 Å². The van der Waals surface area contributed by atoms with Crippen molar-refractivity contribution in [2.75, 3.05) is 0 Å². The van der Waals surface area contributed by atoms with Gasteiger partial charge in [0, 0.05) is 5.56 Å². The maximum Gasteiger partial charge on any atom is 0.160 e. The number of phenolic OH excluding ortho intramolecular Hbond substituents is 1. The standard InChI is InChI=1S/C36H52O2/c1-22-17-29-26(18-25(22)23(2)37)35(9,10)21-24(36(29,11)12)13-14-32(3,4)30-19-27-28(20-31(30)38)34(7,8)16-15-33(27,5)6/h17-20,24,38H,13-16,21H2,1-12H3/t24-/m1/s1. The molecule has 0 heterocycles. The molecule has 0 amide bonds. The van der Waals surface area contributed by atoms with E-state index in [1.54, 1.807) is 6.92 Å². The van der Waals surface area contributed by atoms with Gasteiger partial charge in [0.15, 0.2) is 5.78 Å². The monoisotopic (exact) mass is 516 g/mol.